The van der Waals surface area contributed by atoms with Gasteiger partial charge in [-0.2, -0.15) is 0 Å². The first-order valence-electron chi connectivity index (χ1n) is 5.58. The lowest BCUT2D eigenvalue weighted by Crippen LogP contribution is -2.12. The average Bonchev–Trinajstić information content (AvgIpc) is 2.82. The lowest BCUT2D eigenvalue weighted by atomic mass is 10.1. The predicted octanol–water partition coefficient (Wildman–Crippen LogP) is 2.38. The normalized spacial score (nSPS) is 12.8. The highest BCUT2D eigenvalue weighted by atomic mass is 14.9. The number of fused-ring (bicyclic) bond motifs is 1. The van der Waals surface area contributed by atoms with Crippen LogP contribution in [-0.4, -0.2) is 9.38 Å². The number of hydrogen-bond acceptors (Lipinski definition) is 2. The van der Waals surface area contributed by atoms with E-state index in [1.54, 1.807) is 6.20 Å². The van der Waals surface area contributed by atoms with Gasteiger partial charge >= 0.3 is 0 Å². The molecule has 0 saturated carbocycles. The minimum atomic E-state index is -0.170. The minimum absolute atomic E-state index is 0.170. The highest BCUT2D eigenvalue weighted by molar-refractivity contribution is 5.51. The van der Waals surface area contributed by atoms with E-state index in [1.165, 1.54) is 0 Å². The van der Waals surface area contributed by atoms with Gasteiger partial charge in [-0.25, -0.2) is 0 Å². The molecule has 0 spiro atoms. The van der Waals surface area contributed by atoms with E-state index in [0.717, 1.165) is 16.8 Å². The fraction of sp³-hybridized carbons (Fsp3) is 0.0714. The molecule has 0 amide bonds. The third-order valence-electron chi connectivity index (χ3n) is 2.89. The smallest absolute Gasteiger partial charge is 0.0741 e. The van der Waals surface area contributed by atoms with Gasteiger partial charge in [0.2, 0.25) is 0 Å². The Morgan fingerprint density at radius 3 is 2.76 bits per heavy atom. The monoisotopic (exact) mass is 223 g/mol. The first-order chi connectivity index (χ1) is 8.34. The molecule has 0 aromatic carbocycles. The third-order valence-corrected chi connectivity index (χ3v) is 2.89. The summed E-state index contributed by atoms with van der Waals surface area (Å²) in [7, 11) is 0. The van der Waals surface area contributed by atoms with E-state index in [2.05, 4.69) is 27.7 Å². The largest absolute Gasteiger partial charge is 0.324 e. The Kier molecular flexibility index (Phi) is 2.38. The van der Waals surface area contributed by atoms with Gasteiger partial charge in [0.15, 0.2) is 0 Å². The van der Waals surface area contributed by atoms with Gasteiger partial charge in [0.25, 0.3) is 0 Å². The van der Waals surface area contributed by atoms with Crippen LogP contribution in [0.5, 0.6) is 0 Å². The quantitative estimate of drug-likeness (QED) is 0.724. The third kappa shape index (κ3) is 1.81. The number of aromatic nitrogens is 2. The van der Waals surface area contributed by atoms with Crippen LogP contribution in [0.4, 0.5) is 0 Å². The molecular weight excluding hydrogens is 210 g/mol. The van der Waals surface area contributed by atoms with Crippen molar-refractivity contribution >= 4 is 5.52 Å². The van der Waals surface area contributed by atoms with Gasteiger partial charge in [-0.3, -0.25) is 4.98 Å². The standard InChI is InChI=1S/C14H13N3/c15-14(13-6-1-3-7-16-13)11-9-12-5-2-4-8-17(12)10-11/h1-10,14H,15H2. The van der Waals surface area contributed by atoms with E-state index in [4.69, 9.17) is 5.73 Å². The topological polar surface area (TPSA) is 43.3 Å². The Morgan fingerprint density at radius 1 is 1.12 bits per heavy atom. The molecule has 3 nitrogen and oxygen atoms in total. The van der Waals surface area contributed by atoms with Crippen LogP contribution >= 0.6 is 0 Å². The Balaban J connectivity index is 2.04. The van der Waals surface area contributed by atoms with Crippen molar-refractivity contribution in [3.8, 4) is 0 Å². The maximum absolute atomic E-state index is 6.20. The minimum Gasteiger partial charge on any atom is -0.324 e. The van der Waals surface area contributed by atoms with E-state index in [9.17, 15) is 0 Å². The van der Waals surface area contributed by atoms with Crippen LogP contribution < -0.4 is 5.73 Å². The van der Waals surface area contributed by atoms with E-state index < -0.39 is 0 Å². The maximum atomic E-state index is 6.20. The number of rotatable bonds is 2. The summed E-state index contributed by atoms with van der Waals surface area (Å²) in [6.07, 6.45) is 5.84. The van der Waals surface area contributed by atoms with Crippen molar-refractivity contribution in [2.45, 2.75) is 6.04 Å². The summed E-state index contributed by atoms with van der Waals surface area (Å²) in [6.45, 7) is 0. The first kappa shape index (κ1) is 10.1. The molecule has 0 bridgehead atoms. The number of hydrogen-bond donors (Lipinski definition) is 1. The molecule has 17 heavy (non-hydrogen) atoms. The SMILES string of the molecule is NC(c1cc2ccccn2c1)c1ccccn1. The molecule has 3 heteroatoms. The van der Waals surface area contributed by atoms with Gasteiger partial charge < -0.3 is 10.1 Å². The molecule has 0 fully saturated rings. The zero-order chi connectivity index (χ0) is 11.7. The molecule has 0 aliphatic rings. The van der Waals surface area contributed by atoms with Crippen LogP contribution in [0.1, 0.15) is 17.3 Å². The molecule has 0 saturated heterocycles. The Hall–Kier alpha value is -2.13. The van der Waals surface area contributed by atoms with Crippen molar-refractivity contribution in [1.29, 1.82) is 0 Å². The molecule has 3 aromatic rings. The second-order valence-corrected chi connectivity index (χ2v) is 4.04. The zero-order valence-corrected chi connectivity index (χ0v) is 9.32. The first-order valence-corrected chi connectivity index (χ1v) is 5.58. The van der Waals surface area contributed by atoms with E-state index >= 15 is 0 Å². The number of nitrogens with zero attached hydrogens (tertiary/aromatic N) is 2. The van der Waals surface area contributed by atoms with E-state index in [0.29, 0.717) is 0 Å². The van der Waals surface area contributed by atoms with Gasteiger partial charge in [0, 0.05) is 24.1 Å². The molecule has 84 valence electrons. The van der Waals surface area contributed by atoms with Gasteiger partial charge in [-0.15, -0.1) is 0 Å². The van der Waals surface area contributed by atoms with Crippen LogP contribution in [0.3, 0.4) is 0 Å². The van der Waals surface area contributed by atoms with Crippen molar-refractivity contribution in [2.75, 3.05) is 0 Å². The van der Waals surface area contributed by atoms with E-state index in [1.807, 2.05) is 36.5 Å². The molecule has 3 rings (SSSR count). The number of pyridine rings is 2. The molecule has 2 N–H and O–H groups in total. The van der Waals surface area contributed by atoms with Crippen molar-refractivity contribution < 1.29 is 0 Å². The molecule has 0 aliphatic carbocycles. The lowest BCUT2D eigenvalue weighted by molar-refractivity contribution is 0.828. The second kappa shape index (κ2) is 4.03. The summed E-state index contributed by atoms with van der Waals surface area (Å²) in [5.41, 5.74) is 9.32. The molecule has 0 aliphatic heterocycles. The van der Waals surface area contributed by atoms with Crippen molar-refractivity contribution in [1.82, 2.24) is 9.38 Å². The van der Waals surface area contributed by atoms with Crippen LogP contribution in [0.15, 0.2) is 61.1 Å². The average molecular weight is 223 g/mol. The molecule has 3 heterocycles. The van der Waals surface area contributed by atoms with Gasteiger partial charge in [0.05, 0.1) is 11.7 Å². The molecular formula is C14H13N3. The van der Waals surface area contributed by atoms with Crippen LogP contribution in [-0.2, 0) is 0 Å². The summed E-state index contributed by atoms with van der Waals surface area (Å²) < 4.78 is 2.07. The molecule has 1 unspecified atom stereocenters. The maximum Gasteiger partial charge on any atom is 0.0741 e. The highest BCUT2D eigenvalue weighted by Gasteiger charge is 2.11. The van der Waals surface area contributed by atoms with Gasteiger partial charge in [-0.1, -0.05) is 12.1 Å². The fourth-order valence-electron chi connectivity index (χ4n) is 1.98. The van der Waals surface area contributed by atoms with E-state index in [-0.39, 0.29) is 6.04 Å². The van der Waals surface area contributed by atoms with Crippen LogP contribution in [0.25, 0.3) is 5.52 Å². The van der Waals surface area contributed by atoms with Gasteiger partial charge in [-0.05, 0) is 35.9 Å². The Labute approximate surface area is 99.5 Å². The Bertz CT molecular complexity index is 595. The number of nitrogens with two attached hydrogens (primary N) is 1. The predicted molar refractivity (Wildman–Crippen MR) is 67.7 cm³/mol. The summed E-state index contributed by atoms with van der Waals surface area (Å²) >= 11 is 0. The highest BCUT2D eigenvalue weighted by Crippen LogP contribution is 2.20. The molecule has 1 atom stereocenters. The van der Waals surface area contributed by atoms with Crippen LogP contribution in [0.2, 0.25) is 0 Å². The summed E-state index contributed by atoms with van der Waals surface area (Å²) in [6, 6.07) is 13.8. The summed E-state index contributed by atoms with van der Waals surface area (Å²) in [5.74, 6) is 0. The zero-order valence-electron chi connectivity index (χ0n) is 9.32. The second-order valence-electron chi connectivity index (χ2n) is 4.04. The summed E-state index contributed by atoms with van der Waals surface area (Å²) in [5, 5.41) is 0. The fourth-order valence-corrected chi connectivity index (χ4v) is 1.98. The Morgan fingerprint density at radius 2 is 2.00 bits per heavy atom. The van der Waals surface area contributed by atoms with Crippen molar-refractivity contribution in [2.24, 2.45) is 5.73 Å². The van der Waals surface area contributed by atoms with Crippen LogP contribution in [0, 0.1) is 0 Å². The van der Waals surface area contributed by atoms with Gasteiger partial charge in [0.1, 0.15) is 0 Å². The van der Waals surface area contributed by atoms with Crippen molar-refractivity contribution in [3.05, 3.63) is 72.3 Å². The summed E-state index contributed by atoms with van der Waals surface area (Å²) in [4.78, 5) is 4.29. The lowest BCUT2D eigenvalue weighted by Gasteiger charge is -2.07. The molecule has 0 radical (unpaired) electrons. The van der Waals surface area contributed by atoms with Crippen molar-refractivity contribution in [3.63, 3.8) is 0 Å². The molecule has 3 aromatic heterocycles.